The molecule has 128 valence electrons. The summed E-state index contributed by atoms with van der Waals surface area (Å²) in [6.07, 6.45) is 0.655. The molecule has 0 fully saturated rings. The number of halogens is 1. The van der Waals surface area contributed by atoms with Crippen LogP contribution in [0.3, 0.4) is 0 Å². The lowest BCUT2D eigenvalue weighted by atomic mass is 10.1. The number of hydrazone groups is 1. The van der Waals surface area contributed by atoms with Crippen LogP contribution in [0.25, 0.3) is 10.9 Å². The maximum absolute atomic E-state index is 13.1. The zero-order chi connectivity index (χ0) is 17.8. The summed E-state index contributed by atoms with van der Waals surface area (Å²) in [5.41, 5.74) is 5.00. The molecule has 0 radical (unpaired) electrons. The van der Waals surface area contributed by atoms with Gasteiger partial charge in [0.05, 0.1) is 16.6 Å². The summed E-state index contributed by atoms with van der Waals surface area (Å²) in [7, 11) is 0. The van der Waals surface area contributed by atoms with Gasteiger partial charge in [-0.1, -0.05) is 31.2 Å². The highest BCUT2D eigenvalue weighted by Gasteiger charge is 2.09. The molecule has 0 atom stereocenters. The fourth-order valence-corrected chi connectivity index (χ4v) is 2.65. The minimum atomic E-state index is -0.289. The van der Waals surface area contributed by atoms with Crippen LogP contribution in [0.4, 0.5) is 10.3 Å². The summed E-state index contributed by atoms with van der Waals surface area (Å²) < 4.78 is 14.6. The molecular formula is C19H19FN4O. The maximum Gasteiger partial charge on any atom is 0.262 e. The molecule has 5 nitrogen and oxygen atoms in total. The lowest BCUT2D eigenvalue weighted by Gasteiger charge is -2.12. The third-order valence-electron chi connectivity index (χ3n) is 3.98. The molecule has 0 aliphatic carbocycles. The van der Waals surface area contributed by atoms with Crippen LogP contribution in [-0.2, 0) is 6.54 Å². The van der Waals surface area contributed by atoms with Crippen LogP contribution < -0.4 is 11.0 Å². The number of benzene rings is 2. The van der Waals surface area contributed by atoms with Gasteiger partial charge in [-0.3, -0.25) is 9.36 Å². The van der Waals surface area contributed by atoms with Gasteiger partial charge in [0.15, 0.2) is 0 Å². The van der Waals surface area contributed by atoms with Crippen molar-refractivity contribution in [2.75, 3.05) is 5.43 Å². The van der Waals surface area contributed by atoms with E-state index in [9.17, 15) is 9.18 Å². The molecule has 1 heterocycles. The fraction of sp³-hybridized carbons (Fsp3) is 0.211. The lowest BCUT2D eigenvalue weighted by molar-refractivity contribution is 0.627. The smallest absolute Gasteiger partial charge is 0.262 e. The molecule has 0 spiro atoms. The van der Waals surface area contributed by atoms with Crippen molar-refractivity contribution in [2.45, 2.75) is 26.8 Å². The van der Waals surface area contributed by atoms with Crippen LogP contribution >= 0.6 is 0 Å². The van der Waals surface area contributed by atoms with Crippen molar-refractivity contribution in [2.24, 2.45) is 5.10 Å². The molecule has 6 heteroatoms. The summed E-state index contributed by atoms with van der Waals surface area (Å²) >= 11 is 0. The Hall–Kier alpha value is -3.02. The van der Waals surface area contributed by atoms with E-state index in [1.807, 2.05) is 26.0 Å². The summed E-state index contributed by atoms with van der Waals surface area (Å²) in [6, 6.07) is 13.4. The number of anilines is 1. The van der Waals surface area contributed by atoms with E-state index in [4.69, 9.17) is 0 Å². The summed E-state index contributed by atoms with van der Waals surface area (Å²) in [5, 5.41) is 4.97. The predicted octanol–water partition coefficient (Wildman–Crippen LogP) is 3.78. The molecule has 2 aromatic carbocycles. The Balaban J connectivity index is 2.01. The standard InChI is InChI=1S/C19H19FN4O/c1-3-16(13-9-11-14(20)12-10-13)22-23-19-21-17-8-6-5-7-15(17)18(25)24(19)4-2/h5-12H,3-4H2,1-2H3,(H,21,23)/b22-16-. The minimum Gasteiger partial charge on any atom is -0.277 e. The van der Waals surface area contributed by atoms with E-state index < -0.39 is 0 Å². The van der Waals surface area contributed by atoms with Crippen LogP contribution in [0.15, 0.2) is 58.4 Å². The Bertz CT molecular complexity index is 977. The third kappa shape index (κ3) is 3.42. The topological polar surface area (TPSA) is 59.3 Å². The molecule has 1 N–H and O–H groups in total. The van der Waals surface area contributed by atoms with Crippen molar-refractivity contribution in [1.82, 2.24) is 9.55 Å². The Morgan fingerprint density at radius 2 is 1.88 bits per heavy atom. The number of aromatic nitrogens is 2. The second-order valence-corrected chi connectivity index (χ2v) is 5.53. The largest absolute Gasteiger partial charge is 0.277 e. The van der Waals surface area contributed by atoms with Gasteiger partial charge in [0.2, 0.25) is 5.95 Å². The highest BCUT2D eigenvalue weighted by molar-refractivity contribution is 6.00. The Morgan fingerprint density at radius 3 is 2.56 bits per heavy atom. The van der Waals surface area contributed by atoms with E-state index in [2.05, 4.69) is 15.5 Å². The average molecular weight is 338 g/mol. The third-order valence-corrected chi connectivity index (χ3v) is 3.98. The summed E-state index contributed by atoms with van der Waals surface area (Å²) in [4.78, 5) is 17.1. The Kier molecular flexibility index (Phi) is 4.88. The minimum absolute atomic E-state index is 0.106. The number of nitrogens with zero attached hydrogens (tertiary/aromatic N) is 3. The first kappa shape index (κ1) is 16.8. The van der Waals surface area contributed by atoms with Crippen molar-refractivity contribution in [3.63, 3.8) is 0 Å². The molecule has 0 aliphatic heterocycles. The van der Waals surface area contributed by atoms with Gasteiger partial charge < -0.3 is 0 Å². The summed E-state index contributed by atoms with van der Waals surface area (Å²) in [5.74, 6) is 0.0995. The number of rotatable bonds is 5. The number of hydrogen-bond donors (Lipinski definition) is 1. The monoisotopic (exact) mass is 338 g/mol. The number of hydrogen-bond acceptors (Lipinski definition) is 4. The molecule has 0 aliphatic rings. The predicted molar refractivity (Wildman–Crippen MR) is 98.5 cm³/mol. The van der Waals surface area contributed by atoms with Crippen molar-refractivity contribution in [1.29, 1.82) is 0 Å². The fourth-order valence-electron chi connectivity index (χ4n) is 2.65. The second kappa shape index (κ2) is 7.25. The number of nitrogens with one attached hydrogen (secondary N) is 1. The molecule has 1 aromatic heterocycles. The van der Waals surface area contributed by atoms with Gasteiger partial charge in [0.25, 0.3) is 5.56 Å². The number of para-hydroxylation sites is 1. The van der Waals surface area contributed by atoms with Crippen LogP contribution in [0.2, 0.25) is 0 Å². The molecule has 0 unspecified atom stereocenters. The van der Waals surface area contributed by atoms with Crippen molar-refractivity contribution >= 4 is 22.6 Å². The first-order valence-electron chi connectivity index (χ1n) is 8.22. The van der Waals surface area contributed by atoms with Crippen molar-refractivity contribution in [3.05, 3.63) is 70.3 Å². The molecule has 0 amide bonds. The molecule has 0 saturated carbocycles. The lowest BCUT2D eigenvalue weighted by Crippen LogP contribution is -2.23. The number of fused-ring (bicyclic) bond motifs is 1. The zero-order valence-corrected chi connectivity index (χ0v) is 14.2. The van der Waals surface area contributed by atoms with Gasteiger partial charge in [-0.2, -0.15) is 5.10 Å². The van der Waals surface area contributed by atoms with Crippen molar-refractivity contribution < 1.29 is 4.39 Å². The molecule has 0 bridgehead atoms. The highest BCUT2D eigenvalue weighted by atomic mass is 19.1. The molecule has 0 saturated heterocycles. The quantitative estimate of drug-likeness (QED) is 0.569. The van der Waals surface area contributed by atoms with E-state index in [-0.39, 0.29) is 11.4 Å². The zero-order valence-electron chi connectivity index (χ0n) is 14.2. The average Bonchev–Trinajstić information content (AvgIpc) is 2.64. The Labute approximate surface area is 144 Å². The SMILES string of the molecule is CC/C(=N/Nc1nc2ccccc2c(=O)n1CC)c1ccc(F)cc1. The summed E-state index contributed by atoms with van der Waals surface area (Å²) in [6.45, 7) is 4.32. The first-order valence-corrected chi connectivity index (χ1v) is 8.22. The van der Waals surface area contributed by atoms with Crippen LogP contribution in [0, 0.1) is 5.82 Å². The van der Waals surface area contributed by atoms with Crippen molar-refractivity contribution in [3.8, 4) is 0 Å². The van der Waals surface area contributed by atoms with E-state index in [1.165, 1.54) is 12.1 Å². The van der Waals surface area contributed by atoms with E-state index in [0.717, 1.165) is 11.3 Å². The van der Waals surface area contributed by atoms with E-state index >= 15 is 0 Å². The van der Waals surface area contributed by atoms with Crippen LogP contribution in [-0.4, -0.2) is 15.3 Å². The normalized spacial score (nSPS) is 11.7. The van der Waals surface area contributed by atoms with Gasteiger partial charge in [-0.05, 0) is 43.2 Å². The first-order chi connectivity index (χ1) is 12.1. The maximum atomic E-state index is 13.1. The van der Waals surface area contributed by atoms with Gasteiger partial charge in [0.1, 0.15) is 5.82 Å². The van der Waals surface area contributed by atoms with Gasteiger partial charge in [0, 0.05) is 6.54 Å². The highest BCUT2D eigenvalue weighted by Crippen LogP contribution is 2.12. The van der Waals surface area contributed by atoms with E-state index in [1.54, 1.807) is 28.8 Å². The molecular weight excluding hydrogens is 319 g/mol. The van der Waals surface area contributed by atoms with Crippen LogP contribution in [0.5, 0.6) is 0 Å². The Morgan fingerprint density at radius 1 is 1.16 bits per heavy atom. The van der Waals surface area contributed by atoms with E-state index in [0.29, 0.717) is 29.8 Å². The molecule has 25 heavy (non-hydrogen) atoms. The second-order valence-electron chi connectivity index (χ2n) is 5.53. The van der Waals surface area contributed by atoms with Gasteiger partial charge >= 0.3 is 0 Å². The molecule has 3 rings (SSSR count). The molecule has 3 aromatic rings. The van der Waals surface area contributed by atoms with Crippen LogP contribution in [0.1, 0.15) is 25.8 Å². The van der Waals surface area contributed by atoms with Gasteiger partial charge in [-0.25, -0.2) is 14.8 Å². The van der Waals surface area contributed by atoms with Gasteiger partial charge in [-0.15, -0.1) is 0 Å².